The fourth-order valence-corrected chi connectivity index (χ4v) is 3.45. The van der Waals surface area contributed by atoms with Crippen LogP contribution >= 0.6 is 0 Å². The standard InChI is InChI=1S/C19H26O4/c1-2-12-21-19(20)18(11-10-15-13-22-15)23-17-9-5-7-14-6-3-4-8-16(14)17/h2,5,7,9,15-18H,1,3-4,6,8,10-13H2. The second-order valence-electron chi connectivity index (χ2n) is 6.52. The van der Waals surface area contributed by atoms with Crippen LogP contribution in [-0.2, 0) is 19.0 Å². The molecule has 3 aliphatic rings. The van der Waals surface area contributed by atoms with Crippen molar-refractivity contribution in [3.8, 4) is 0 Å². The third-order valence-corrected chi connectivity index (χ3v) is 4.80. The lowest BCUT2D eigenvalue weighted by atomic mass is 9.78. The monoisotopic (exact) mass is 318 g/mol. The SMILES string of the molecule is C=CCOC(=O)C(CCC1CO1)OC1C=CC=C2CCCCC21. The molecule has 1 saturated heterocycles. The van der Waals surface area contributed by atoms with E-state index < -0.39 is 6.10 Å². The summed E-state index contributed by atoms with van der Waals surface area (Å²) >= 11 is 0. The summed E-state index contributed by atoms with van der Waals surface area (Å²) < 4.78 is 16.7. The minimum absolute atomic E-state index is 0.0169. The molecule has 1 aliphatic heterocycles. The van der Waals surface area contributed by atoms with Crippen molar-refractivity contribution < 1.29 is 19.0 Å². The lowest BCUT2D eigenvalue weighted by molar-refractivity contribution is -0.160. The molecular weight excluding hydrogens is 292 g/mol. The third kappa shape index (κ3) is 4.55. The van der Waals surface area contributed by atoms with Gasteiger partial charge < -0.3 is 14.2 Å². The number of rotatable bonds is 8. The van der Waals surface area contributed by atoms with Crippen LogP contribution in [0.2, 0.25) is 0 Å². The summed E-state index contributed by atoms with van der Waals surface area (Å²) in [5.74, 6) is 0.131. The molecule has 3 rings (SSSR count). The van der Waals surface area contributed by atoms with Gasteiger partial charge in [-0.25, -0.2) is 4.79 Å². The molecule has 126 valence electrons. The molecule has 4 heteroatoms. The minimum Gasteiger partial charge on any atom is -0.460 e. The van der Waals surface area contributed by atoms with Gasteiger partial charge >= 0.3 is 5.97 Å². The van der Waals surface area contributed by atoms with E-state index >= 15 is 0 Å². The number of ether oxygens (including phenoxy) is 3. The number of hydrogen-bond acceptors (Lipinski definition) is 4. The molecule has 4 unspecified atom stereocenters. The van der Waals surface area contributed by atoms with Gasteiger partial charge in [-0.2, -0.15) is 0 Å². The smallest absolute Gasteiger partial charge is 0.335 e. The van der Waals surface area contributed by atoms with Gasteiger partial charge in [-0.1, -0.05) is 42.9 Å². The highest BCUT2D eigenvalue weighted by Crippen LogP contribution is 2.36. The van der Waals surface area contributed by atoms with Crippen LogP contribution < -0.4 is 0 Å². The molecule has 0 N–H and O–H groups in total. The van der Waals surface area contributed by atoms with Crippen LogP contribution in [0.15, 0.2) is 36.5 Å². The molecule has 1 heterocycles. The molecule has 0 amide bonds. The van der Waals surface area contributed by atoms with Crippen molar-refractivity contribution in [1.82, 2.24) is 0 Å². The van der Waals surface area contributed by atoms with Gasteiger partial charge in [0.15, 0.2) is 6.10 Å². The molecule has 0 spiro atoms. The van der Waals surface area contributed by atoms with Gasteiger partial charge in [-0.15, -0.1) is 0 Å². The average molecular weight is 318 g/mol. The molecular formula is C19H26O4. The van der Waals surface area contributed by atoms with Crippen LogP contribution in [0, 0.1) is 5.92 Å². The minimum atomic E-state index is -0.518. The molecule has 0 aromatic carbocycles. The van der Waals surface area contributed by atoms with E-state index in [1.165, 1.54) is 18.4 Å². The first-order valence-corrected chi connectivity index (χ1v) is 8.70. The second kappa shape index (κ2) is 7.93. The summed E-state index contributed by atoms with van der Waals surface area (Å²) in [5, 5.41) is 0. The maximum atomic E-state index is 12.3. The highest BCUT2D eigenvalue weighted by molar-refractivity contribution is 5.74. The number of allylic oxidation sites excluding steroid dienone is 2. The molecule has 0 aromatic heterocycles. The zero-order valence-electron chi connectivity index (χ0n) is 13.6. The Kier molecular flexibility index (Phi) is 5.68. The average Bonchev–Trinajstić information content (AvgIpc) is 3.41. The molecule has 1 saturated carbocycles. The van der Waals surface area contributed by atoms with Crippen LogP contribution in [0.1, 0.15) is 38.5 Å². The Morgan fingerprint density at radius 1 is 1.48 bits per heavy atom. The van der Waals surface area contributed by atoms with E-state index in [0.717, 1.165) is 25.9 Å². The number of carbonyl (C=O) groups is 1. The third-order valence-electron chi connectivity index (χ3n) is 4.80. The molecule has 0 radical (unpaired) electrons. The summed E-state index contributed by atoms with van der Waals surface area (Å²) in [6.45, 7) is 4.62. The molecule has 0 aromatic rings. The van der Waals surface area contributed by atoms with Crippen molar-refractivity contribution in [1.29, 1.82) is 0 Å². The molecule has 4 nitrogen and oxygen atoms in total. The maximum absolute atomic E-state index is 12.3. The van der Waals surface area contributed by atoms with Crippen molar-refractivity contribution in [2.75, 3.05) is 13.2 Å². The predicted molar refractivity (Wildman–Crippen MR) is 88.0 cm³/mol. The summed E-state index contributed by atoms with van der Waals surface area (Å²) in [4.78, 5) is 12.3. The molecule has 0 bridgehead atoms. The van der Waals surface area contributed by atoms with E-state index in [9.17, 15) is 4.79 Å². The lowest BCUT2D eigenvalue weighted by Gasteiger charge is -2.34. The number of hydrogen-bond donors (Lipinski definition) is 0. The van der Waals surface area contributed by atoms with Gasteiger partial charge in [0.25, 0.3) is 0 Å². The van der Waals surface area contributed by atoms with E-state index in [2.05, 4.69) is 24.8 Å². The lowest BCUT2D eigenvalue weighted by Crippen LogP contribution is -2.36. The van der Waals surface area contributed by atoms with Crippen LogP contribution in [0.4, 0.5) is 0 Å². The van der Waals surface area contributed by atoms with Crippen LogP contribution in [0.5, 0.6) is 0 Å². The van der Waals surface area contributed by atoms with Crippen LogP contribution in [0.3, 0.4) is 0 Å². The fraction of sp³-hybridized carbons (Fsp3) is 0.632. The Balaban J connectivity index is 1.61. The van der Waals surface area contributed by atoms with Gasteiger partial charge in [-0.05, 0) is 32.1 Å². The van der Waals surface area contributed by atoms with E-state index in [0.29, 0.717) is 18.4 Å². The number of epoxide rings is 1. The molecule has 2 aliphatic carbocycles. The van der Waals surface area contributed by atoms with Gasteiger partial charge in [-0.3, -0.25) is 0 Å². The normalized spacial score (nSPS) is 30.1. The Hall–Kier alpha value is -1.39. The van der Waals surface area contributed by atoms with Crippen molar-refractivity contribution in [2.45, 2.75) is 56.8 Å². The summed E-state index contributed by atoms with van der Waals surface area (Å²) in [6, 6.07) is 0. The first-order chi connectivity index (χ1) is 11.3. The summed E-state index contributed by atoms with van der Waals surface area (Å²) in [6.07, 6.45) is 14.0. The van der Waals surface area contributed by atoms with Crippen molar-refractivity contribution in [3.63, 3.8) is 0 Å². The van der Waals surface area contributed by atoms with Gasteiger partial charge in [0.1, 0.15) is 6.61 Å². The molecule has 2 fully saturated rings. The van der Waals surface area contributed by atoms with Crippen molar-refractivity contribution in [3.05, 3.63) is 36.5 Å². The summed E-state index contributed by atoms with van der Waals surface area (Å²) in [7, 11) is 0. The topological polar surface area (TPSA) is 48.1 Å². The zero-order chi connectivity index (χ0) is 16.1. The molecule has 4 atom stereocenters. The van der Waals surface area contributed by atoms with Gasteiger partial charge in [0.2, 0.25) is 0 Å². The highest BCUT2D eigenvalue weighted by Gasteiger charge is 2.34. The van der Waals surface area contributed by atoms with E-state index in [4.69, 9.17) is 14.2 Å². The Morgan fingerprint density at radius 3 is 3.13 bits per heavy atom. The number of fused-ring (bicyclic) bond motifs is 1. The number of esters is 1. The Labute approximate surface area is 138 Å². The van der Waals surface area contributed by atoms with Gasteiger partial charge in [0, 0.05) is 5.92 Å². The van der Waals surface area contributed by atoms with E-state index in [-0.39, 0.29) is 18.7 Å². The zero-order valence-corrected chi connectivity index (χ0v) is 13.6. The molecule has 23 heavy (non-hydrogen) atoms. The highest BCUT2D eigenvalue weighted by atomic mass is 16.6. The second-order valence-corrected chi connectivity index (χ2v) is 6.52. The first kappa shape index (κ1) is 16.5. The van der Waals surface area contributed by atoms with Crippen LogP contribution in [-0.4, -0.2) is 37.5 Å². The predicted octanol–water partition coefficient (Wildman–Crippen LogP) is 3.33. The largest absolute Gasteiger partial charge is 0.460 e. The van der Waals surface area contributed by atoms with E-state index in [1.54, 1.807) is 6.08 Å². The summed E-state index contributed by atoms with van der Waals surface area (Å²) in [5.41, 5.74) is 1.47. The Bertz CT molecular complexity index is 490. The van der Waals surface area contributed by atoms with Crippen LogP contribution in [0.25, 0.3) is 0 Å². The number of carbonyl (C=O) groups excluding carboxylic acids is 1. The fourth-order valence-electron chi connectivity index (χ4n) is 3.45. The maximum Gasteiger partial charge on any atom is 0.335 e. The van der Waals surface area contributed by atoms with Crippen molar-refractivity contribution in [2.24, 2.45) is 5.92 Å². The van der Waals surface area contributed by atoms with Crippen molar-refractivity contribution >= 4 is 5.97 Å². The van der Waals surface area contributed by atoms with Gasteiger partial charge in [0.05, 0.1) is 18.8 Å². The van der Waals surface area contributed by atoms with E-state index in [1.807, 2.05) is 0 Å². The first-order valence-electron chi connectivity index (χ1n) is 8.70. The Morgan fingerprint density at radius 2 is 2.35 bits per heavy atom. The quantitative estimate of drug-likeness (QED) is 0.391.